The molecule has 5 heterocycles. The maximum atomic E-state index is 5.00. The minimum absolute atomic E-state index is 0.420. The van der Waals surface area contributed by atoms with E-state index in [0.717, 1.165) is 47.3 Å². The van der Waals surface area contributed by atoms with Crippen LogP contribution in [0, 0.1) is 47.3 Å². The molecule has 13 heteroatoms. The van der Waals surface area contributed by atoms with Gasteiger partial charge in [0.15, 0.2) is 0 Å². The summed E-state index contributed by atoms with van der Waals surface area (Å²) in [4.78, 5) is 0. The molecular weight excluding hydrogens is 739 g/mol. The molecular formula is C32H56Cl4N8Ru. The fraction of sp³-hybridized carbons (Fsp3) is 1.00. The van der Waals surface area contributed by atoms with E-state index in [1.165, 1.54) is 103 Å². The summed E-state index contributed by atoms with van der Waals surface area (Å²) in [6.07, 6.45) is 25.6. The average molecular weight is 796 g/mol. The first-order valence-corrected chi connectivity index (χ1v) is 27.4. The van der Waals surface area contributed by atoms with E-state index in [4.69, 9.17) is 38.8 Å². The fourth-order valence-corrected chi connectivity index (χ4v) is 12.0. The molecule has 4 saturated carbocycles. The number of hydrogen-bond donors (Lipinski definition) is 8. The molecule has 8 nitrogen and oxygen atoms in total. The van der Waals surface area contributed by atoms with E-state index >= 15 is 0 Å². The SMILES string of the molecule is C1CCC2C3NC(NC4NC(NC5NC(NC6NC(N3)C3CCCCC63)C3CCCCC53)C3CCCCC43)C2C1.[Cl][Ru]([Cl])([Cl])[Cl]. The summed E-state index contributed by atoms with van der Waals surface area (Å²) in [5, 5.41) is 33.8. The van der Waals surface area contributed by atoms with Crippen LogP contribution in [0.5, 0.6) is 0 Å². The van der Waals surface area contributed by atoms with E-state index in [1.54, 1.807) is 0 Å². The van der Waals surface area contributed by atoms with Gasteiger partial charge in [-0.3, -0.25) is 42.5 Å². The molecule has 0 amide bonds. The van der Waals surface area contributed by atoms with Gasteiger partial charge in [0.1, 0.15) is 0 Å². The Balaban J connectivity index is 0.000000560. The van der Waals surface area contributed by atoms with Crippen molar-refractivity contribution in [2.45, 2.75) is 152 Å². The second-order valence-corrected chi connectivity index (χ2v) is 31.7. The van der Waals surface area contributed by atoms with E-state index in [9.17, 15) is 0 Å². The van der Waals surface area contributed by atoms with Crippen LogP contribution in [-0.2, 0) is 10.8 Å². The van der Waals surface area contributed by atoms with Crippen LogP contribution in [0.2, 0.25) is 0 Å². The van der Waals surface area contributed by atoms with Gasteiger partial charge in [0, 0.05) is 0 Å². The van der Waals surface area contributed by atoms with Gasteiger partial charge < -0.3 is 0 Å². The number of nitrogens with one attached hydrogen (secondary N) is 8. The van der Waals surface area contributed by atoms with Crippen molar-refractivity contribution in [2.24, 2.45) is 47.3 Å². The van der Waals surface area contributed by atoms with E-state index in [1.807, 2.05) is 0 Å². The third-order valence-electron chi connectivity index (χ3n) is 13.8. The van der Waals surface area contributed by atoms with Gasteiger partial charge in [0.25, 0.3) is 0 Å². The molecule has 260 valence electrons. The Bertz CT molecular complexity index is 812. The van der Waals surface area contributed by atoms with Crippen LogP contribution in [-0.4, -0.2) is 49.3 Å². The summed E-state index contributed by atoms with van der Waals surface area (Å²) in [5.74, 6) is 5.97. The molecule has 9 rings (SSSR count). The van der Waals surface area contributed by atoms with Crippen LogP contribution in [0.15, 0.2) is 0 Å². The molecule has 8 atom stereocenters. The van der Waals surface area contributed by atoms with Crippen molar-refractivity contribution in [3.63, 3.8) is 0 Å². The van der Waals surface area contributed by atoms with Gasteiger partial charge in [-0.05, 0) is 98.7 Å². The van der Waals surface area contributed by atoms with E-state index < -0.39 is 10.8 Å². The molecule has 45 heavy (non-hydrogen) atoms. The number of hydrogen-bond acceptors (Lipinski definition) is 8. The second-order valence-electron chi connectivity index (χ2n) is 15.9. The summed E-state index contributed by atoms with van der Waals surface area (Å²) < 4.78 is 0. The zero-order valence-corrected chi connectivity index (χ0v) is 31.2. The second kappa shape index (κ2) is 14.2. The van der Waals surface area contributed by atoms with Crippen LogP contribution < -0.4 is 42.5 Å². The zero-order chi connectivity index (χ0) is 30.7. The Morgan fingerprint density at radius 2 is 0.378 bits per heavy atom. The van der Waals surface area contributed by atoms with E-state index in [0.29, 0.717) is 49.3 Å². The molecule has 0 radical (unpaired) electrons. The van der Waals surface area contributed by atoms with Crippen LogP contribution >= 0.6 is 38.8 Å². The van der Waals surface area contributed by atoms with Crippen molar-refractivity contribution in [3.8, 4) is 0 Å². The quantitative estimate of drug-likeness (QED) is 0.156. The summed E-state index contributed by atoms with van der Waals surface area (Å²) >= 11 is 0. The molecule has 5 saturated heterocycles. The van der Waals surface area contributed by atoms with Gasteiger partial charge in [-0.15, -0.1) is 0 Å². The molecule has 0 aromatic rings. The van der Waals surface area contributed by atoms with Gasteiger partial charge >= 0.3 is 49.6 Å². The molecule has 0 aromatic carbocycles. The molecule has 8 N–H and O–H groups in total. The first kappa shape index (κ1) is 33.6. The Labute approximate surface area is 289 Å². The number of rotatable bonds is 0. The van der Waals surface area contributed by atoms with Gasteiger partial charge in [-0.25, -0.2) is 0 Å². The van der Waals surface area contributed by atoms with Crippen molar-refractivity contribution >= 4 is 38.8 Å². The van der Waals surface area contributed by atoms with Crippen molar-refractivity contribution in [1.82, 2.24) is 42.5 Å². The topological polar surface area (TPSA) is 96.2 Å². The zero-order valence-electron chi connectivity index (χ0n) is 26.4. The molecule has 9 aliphatic rings. The molecule has 0 spiro atoms. The van der Waals surface area contributed by atoms with Crippen LogP contribution in [0.3, 0.4) is 0 Å². The first-order valence-electron chi connectivity index (χ1n) is 18.4. The molecule has 9 fully saturated rings. The minimum atomic E-state index is -2.97. The van der Waals surface area contributed by atoms with Crippen LogP contribution in [0.4, 0.5) is 0 Å². The monoisotopic (exact) mass is 794 g/mol. The summed E-state index contributed by atoms with van der Waals surface area (Å²) in [6.45, 7) is 0. The first-order chi connectivity index (χ1) is 21.8. The molecule has 0 aromatic heterocycles. The Morgan fingerprint density at radius 1 is 0.267 bits per heavy atom. The standard InChI is InChI=1S/C32H56N8.4ClH.Ru/c1-2-10-18-17(9-1)25-33-26(18)38-28-21-13-5-6-14-22(21)30(35-28)40-32-24-16-8-7-15-23(24)31(36-32)39-29-20-12-4-3-11-19(20)27(34-29)37-25;;;;;/h17-40H,1-16H2;4*1H;/q;;;;;+4/p-4. The maximum absolute atomic E-state index is 5.00. The molecule has 5 aliphatic heterocycles. The van der Waals surface area contributed by atoms with Crippen LogP contribution in [0.25, 0.3) is 0 Å². The van der Waals surface area contributed by atoms with Gasteiger partial charge in [-0.1, -0.05) is 51.4 Å². The fourth-order valence-electron chi connectivity index (χ4n) is 12.0. The third-order valence-corrected chi connectivity index (χ3v) is 13.8. The van der Waals surface area contributed by atoms with Crippen molar-refractivity contribution in [1.29, 1.82) is 0 Å². The molecule has 8 bridgehead atoms. The van der Waals surface area contributed by atoms with Crippen LogP contribution in [0.1, 0.15) is 103 Å². The Hall–Kier alpha value is 1.46. The van der Waals surface area contributed by atoms with Crippen molar-refractivity contribution in [2.75, 3.05) is 0 Å². The summed E-state index contributed by atoms with van der Waals surface area (Å²) in [5.41, 5.74) is 0. The van der Waals surface area contributed by atoms with Gasteiger partial charge in [0.05, 0.1) is 49.3 Å². The van der Waals surface area contributed by atoms with Gasteiger partial charge in [-0.2, -0.15) is 0 Å². The number of halogens is 4. The summed E-state index contributed by atoms with van der Waals surface area (Å²) in [7, 11) is 17.0. The normalized spacial score (nSPS) is 52.9. The van der Waals surface area contributed by atoms with Crippen molar-refractivity contribution in [3.05, 3.63) is 0 Å². The molecule has 8 unspecified atom stereocenters. The Kier molecular flexibility index (Phi) is 10.6. The van der Waals surface area contributed by atoms with E-state index in [-0.39, 0.29) is 0 Å². The van der Waals surface area contributed by atoms with Gasteiger partial charge in [0.2, 0.25) is 0 Å². The third kappa shape index (κ3) is 7.17. The average Bonchev–Trinajstić information content (AvgIpc) is 3.76. The van der Waals surface area contributed by atoms with Crippen molar-refractivity contribution < 1.29 is 10.8 Å². The number of fused-ring (bicyclic) bond motifs is 20. The Morgan fingerprint density at radius 3 is 0.489 bits per heavy atom. The predicted molar refractivity (Wildman–Crippen MR) is 181 cm³/mol. The predicted octanol–water partition coefficient (Wildman–Crippen LogP) is 5.36. The molecule has 4 aliphatic carbocycles. The van der Waals surface area contributed by atoms with E-state index in [2.05, 4.69) is 42.5 Å². The summed E-state index contributed by atoms with van der Waals surface area (Å²) in [6, 6.07) is 0.